The van der Waals surface area contributed by atoms with E-state index in [4.69, 9.17) is 0 Å². The zero-order valence-corrected chi connectivity index (χ0v) is 9.69. The molecule has 2 unspecified atom stereocenters. The Morgan fingerprint density at radius 2 is 2.06 bits per heavy atom. The average molecular weight is 237 g/mol. The molecule has 16 heavy (non-hydrogen) atoms. The highest BCUT2D eigenvalue weighted by molar-refractivity contribution is 7.80. The normalized spacial score (nSPS) is 15.2. The molecule has 0 radical (unpaired) electrons. The van der Waals surface area contributed by atoms with E-state index in [2.05, 4.69) is 17.6 Å². The molecule has 0 saturated heterocycles. The lowest BCUT2D eigenvalue weighted by atomic mass is 9.99. The fourth-order valence-electron chi connectivity index (χ4n) is 1.87. The Kier molecular flexibility index (Phi) is 3.53. The van der Waals surface area contributed by atoms with Gasteiger partial charge in [0.05, 0.1) is 6.10 Å². The van der Waals surface area contributed by atoms with Crippen molar-refractivity contribution in [3.05, 3.63) is 36.0 Å². The zero-order chi connectivity index (χ0) is 11.5. The minimum atomic E-state index is -0.855. The summed E-state index contributed by atoms with van der Waals surface area (Å²) in [5.41, 5.74) is 1.72. The fourth-order valence-corrected chi connectivity index (χ4v) is 2.13. The highest BCUT2D eigenvalue weighted by atomic mass is 32.1. The van der Waals surface area contributed by atoms with Crippen molar-refractivity contribution in [2.75, 3.05) is 5.75 Å². The number of thiol groups is 1. The fraction of sp³-hybridized carbons (Fsp3) is 0.333. The summed E-state index contributed by atoms with van der Waals surface area (Å²) in [6.45, 7) is 0. The van der Waals surface area contributed by atoms with Gasteiger partial charge in [0.2, 0.25) is 0 Å². The number of H-pyrrole nitrogens is 1. The van der Waals surface area contributed by atoms with Crippen LogP contribution in [0.2, 0.25) is 0 Å². The van der Waals surface area contributed by atoms with Crippen molar-refractivity contribution in [1.29, 1.82) is 0 Å². The summed E-state index contributed by atoms with van der Waals surface area (Å²) in [5, 5.41) is 20.7. The van der Waals surface area contributed by atoms with Crippen LogP contribution < -0.4 is 0 Å². The first-order valence-electron chi connectivity index (χ1n) is 5.27. The molecule has 4 heteroatoms. The molecule has 0 aliphatic heterocycles. The van der Waals surface area contributed by atoms with Gasteiger partial charge < -0.3 is 15.2 Å². The number of aromatic nitrogens is 1. The van der Waals surface area contributed by atoms with Crippen LogP contribution in [0.1, 0.15) is 18.1 Å². The van der Waals surface area contributed by atoms with E-state index in [0.717, 1.165) is 16.5 Å². The number of hydrogen-bond donors (Lipinski definition) is 4. The molecule has 1 aromatic heterocycles. The van der Waals surface area contributed by atoms with Crippen LogP contribution in [0.15, 0.2) is 30.5 Å². The van der Waals surface area contributed by atoms with Gasteiger partial charge in [-0.15, -0.1) is 0 Å². The third-order valence-electron chi connectivity index (χ3n) is 2.74. The van der Waals surface area contributed by atoms with Gasteiger partial charge in [-0.3, -0.25) is 0 Å². The Balaban J connectivity index is 2.35. The molecule has 1 aromatic carbocycles. The maximum absolute atomic E-state index is 10.0. The first-order chi connectivity index (χ1) is 7.74. The van der Waals surface area contributed by atoms with E-state index in [-0.39, 0.29) is 0 Å². The van der Waals surface area contributed by atoms with Gasteiger partial charge in [-0.2, -0.15) is 12.6 Å². The van der Waals surface area contributed by atoms with Gasteiger partial charge in [0.1, 0.15) is 6.10 Å². The van der Waals surface area contributed by atoms with Gasteiger partial charge in [0, 0.05) is 17.1 Å². The van der Waals surface area contributed by atoms with Gasteiger partial charge >= 0.3 is 0 Å². The number of nitrogens with one attached hydrogen (secondary N) is 1. The maximum atomic E-state index is 10.0. The largest absolute Gasteiger partial charge is 0.390 e. The molecule has 0 saturated carbocycles. The quantitative estimate of drug-likeness (QED) is 0.614. The average Bonchev–Trinajstić information content (AvgIpc) is 2.76. The van der Waals surface area contributed by atoms with Gasteiger partial charge in [-0.1, -0.05) is 12.1 Å². The lowest BCUT2D eigenvalue weighted by Gasteiger charge is -2.18. The number of aliphatic hydroxyl groups excluding tert-OH is 2. The summed E-state index contributed by atoms with van der Waals surface area (Å²) in [4.78, 5) is 3.08. The Morgan fingerprint density at radius 1 is 1.25 bits per heavy atom. The predicted octanol–water partition coefficient (Wildman–Crippen LogP) is 1.88. The number of aliphatic hydroxyl groups is 2. The first kappa shape index (κ1) is 11.5. The van der Waals surface area contributed by atoms with Crippen molar-refractivity contribution >= 4 is 23.5 Å². The van der Waals surface area contributed by atoms with E-state index in [1.807, 2.05) is 30.5 Å². The molecule has 0 fully saturated rings. The number of benzene rings is 1. The smallest absolute Gasteiger partial charge is 0.106 e. The van der Waals surface area contributed by atoms with Crippen molar-refractivity contribution in [3.8, 4) is 0 Å². The van der Waals surface area contributed by atoms with Crippen molar-refractivity contribution < 1.29 is 10.2 Å². The molecule has 0 spiro atoms. The van der Waals surface area contributed by atoms with Crippen LogP contribution in [0, 0.1) is 0 Å². The van der Waals surface area contributed by atoms with E-state index >= 15 is 0 Å². The van der Waals surface area contributed by atoms with Crippen LogP contribution in [0.4, 0.5) is 0 Å². The molecule has 2 rings (SSSR count). The van der Waals surface area contributed by atoms with Gasteiger partial charge in [-0.05, 0) is 29.9 Å². The second kappa shape index (κ2) is 4.91. The van der Waals surface area contributed by atoms with Crippen molar-refractivity contribution in [1.82, 2.24) is 4.98 Å². The van der Waals surface area contributed by atoms with E-state index in [0.29, 0.717) is 12.2 Å². The monoisotopic (exact) mass is 237 g/mol. The molecule has 3 nitrogen and oxygen atoms in total. The van der Waals surface area contributed by atoms with Crippen molar-refractivity contribution in [2.45, 2.75) is 18.6 Å². The third kappa shape index (κ3) is 2.09. The number of aromatic amines is 1. The Labute approximate surface area is 99.5 Å². The number of rotatable bonds is 4. The highest BCUT2D eigenvalue weighted by Crippen LogP contribution is 2.26. The summed E-state index contributed by atoms with van der Waals surface area (Å²) in [6.07, 6.45) is 0.682. The standard InChI is InChI=1S/C12H15NO2S/c14-11(5-7-16)12(15)9-2-1-3-10-8(9)4-6-13-10/h1-4,6,11-16H,5,7H2. The molecule has 1 heterocycles. The second-order valence-corrected chi connectivity index (χ2v) is 4.26. The van der Waals surface area contributed by atoms with Crippen LogP contribution in [0.5, 0.6) is 0 Å². The van der Waals surface area contributed by atoms with Crippen LogP contribution in [-0.4, -0.2) is 27.1 Å². The first-order valence-corrected chi connectivity index (χ1v) is 5.90. The SMILES string of the molecule is OC(CCS)C(O)c1cccc2[nH]ccc12. The zero-order valence-electron chi connectivity index (χ0n) is 8.80. The Bertz CT molecular complexity index is 469. The lowest BCUT2D eigenvalue weighted by molar-refractivity contribution is 0.0181. The third-order valence-corrected chi connectivity index (χ3v) is 2.99. The Morgan fingerprint density at radius 3 is 2.81 bits per heavy atom. The van der Waals surface area contributed by atoms with Crippen LogP contribution >= 0.6 is 12.6 Å². The molecule has 3 N–H and O–H groups in total. The van der Waals surface area contributed by atoms with Gasteiger partial charge in [-0.25, -0.2) is 0 Å². The van der Waals surface area contributed by atoms with E-state index < -0.39 is 12.2 Å². The minimum Gasteiger partial charge on any atom is -0.390 e. The molecule has 0 bridgehead atoms. The molecule has 0 aliphatic carbocycles. The molecule has 2 aromatic rings. The second-order valence-electron chi connectivity index (χ2n) is 3.81. The number of hydrogen-bond acceptors (Lipinski definition) is 3. The molecule has 2 atom stereocenters. The minimum absolute atomic E-state index is 0.477. The summed E-state index contributed by atoms with van der Waals surface area (Å²) < 4.78 is 0. The summed E-state index contributed by atoms with van der Waals surface area (Å²) in [7, 11) is 0. The van der Waals surface area contributed by atoms with Crippen molar-refractivity contribution in [3.63, 3.8) is 0 Å². The van der Waals surface area contributed by atoms with E-state index in [9.17, 15) is 10.2 Å². The van der Waals surface area contributed by atoms with Crippen LogP contribution in [-0.2, 0) is 0 Å². The molecule has 0 aliphatic rings. The summed E-state index contributed by atoms with van der Waals surface area (Å²) in [5.74, 6) is 0.557. The van der Waals surface area contributed by atoms with E-state index in [1.54, 1.807) is 0 Å². The maximum Gasteiger partial charge on any atom is 0.106 e. The summed E-state index contributed by atoms with van der Waals surface area (Å²) in [6, 6.07) is 7.55. The van der Waals surface area contributed by atoms with Crippen LogP contribution in [0.3, 0.4) is 0 Å². The molecule has 0 amide bonds. The summed E-state index contributed by atoms with van der Waals surface area (Å²) >= 11 is 4.05. The highest BCUT2D eigenvalue weighted by Gasteiger charge is 2.19. The Hall–Kier alpha value is -0.970. The topological polar surface area (TPSA) is 56.2 Å². The molecule has 86 valence electrons. The van der Waals surface area contributed by atoms with Gasteiger partial charge in [0.25, 0.3) is 0 Å². The van der Waals surface area contributed by atoms with E-state index in [1.165, 1.54) is 0 Å². The molecular formula is C12H15NO2S. The number of fused-ring (bicyclic) bond motifs is 1. The van der Waals surface area contributed by atoms with Crippen LogP contribution in [0.25, 0.3) is 10.9 Å². The van der Waals surface area contributed by atoms with Crippen molar-refractivity contribution in [2.24, 2.45) is 0 Å². The lowest BCUT2D eigenvalue weighted by Crippen LogP contribution is -2.18. The predicted molar refractivity (Wildman–Crippen MR) is 67.7 cm³/mol. The molecular weight excluding hydrogens is 222 g/mol. The van der Waals surface area contributed by atoms with Gasteiger partial charge in [0.15, 0.2) is 0 Å².